The molecular formula is C12H15N3S. The molecule has 0 bridgehead atoms. The average Bonchev–Trinajstić information content (AvgIpc) is 2.30. The van der Waals surface area contributed by atoms with E-state index in [0.29, 0.717) is 10.9 Å². The van der Waals surface area contributed by atoms with Crippen molar-refractivity contribution in [3.05, 3.63) is 18.1 Å². The Labute approximate surface area is 100 Å². The zero-order valence-corrected chi connectivity index (χ0v) is 10.2. The molecule has 2 unspecified atom stereocenters. The number of hydrogen-bond donors (Lipinski definition) is 0. The van der Waals surface area contributed by atoms with Gasteiger partial charge in [-0.2, -0.15) is 5.26 Å². The van der Waals surface area contributed by atoms with E-state index >= 15 is 0 Å². The van der Waals surface area contributed by atoms with Gasteiger partial charge in [0.2, 0.25) is 0 Å². The molecule has 1 aliphatic carbocycles. The fraction of sp³-hybridized carbons (Fsp3) is 0.583. The molecule has 0 amide bonds. The van der Waals surface area contributed by atoms with Crippen molar-refractivity contribution in [1.29, 1.82) is 5.26 Å². The highest BCUT2D eigenvalue weighted by Crippen LogP contribution is 2.35. The summed E-state index contributed by atoms with van der Waals surface area (Å²) in [6.07, 6.45) is 8.33. The molecule has 84 valence electrons. The Balaban J connectivity index is 2.06. The summed E-state index contributed by atoms with van der Waals surface area (Å²) in [7, 11) is 0. The first kappa shape index (κ1) is 11.4. The van der Waals surface area contributed by atoms with E-state index in [1.165, 1.54) is 25.7 Å². The summed E-state index contributed by atoms with van der Waals surface area (Å²) in [5.41, 5.74) is 0.464. The number of aromatic nitrogens is 2. The van der Waals surface area contributed by atoms with Crippen molar-refractivity contribution in [1.82, 2.24) is 9.97 Å². The van der Waals surface area contributed by atoms with Gasteiger partial charge in [-0.25, -0.2) is 9.97 Å². The molecule has 16 heavy (non-hydrogen) atoms. The van der Waals surface area contributed by atoms with Gasteiger partial charge in [0, 0.05) is 17.6 Å². The molecule has 1 heterocycles. The maximum absolute atomic E-state index is 8.93. The van der Waals surface area contributed by atoms with Gasteiger partial charge < -0.3 is 0 Å². The molecule has 0 N–H and O–H groups in total. The third-order valence-electron chi connectivity index (χ3n) is 2.94. The molecule has 1 saturated carbocycles. The van der Waals surface area contributed by atoms with Crippen LogP contribution < -0.4 is 0 Å². The maximum atomic E-state index is 8.93. The summed E-state index contributed by atoms with van der Waals surface area (Å²) in [4.78, 5) is 8.28. The molecule has 0 spiro atoms. The zero-order chi connectivity index (χ0) is 11.4. The lowest BCUT2D eigenvalue weighted by Gasteiger charge is -2.25. The van der Waals surface area contributed by atoms with Crippen LogP contribution in [0.2, 0.25) is 0 Å². The Morgan fingerprint density at radius 2 is 2.19 bits per heavy atom. The molecule has 0 radical (unpaired) electrons. The molecule has 1 aromatic rings. The van der Waals surface area contributed by atoms with Crippen LogP contribution in [-0.4, -0.2) is 15.2 Å². The SMILES string of the molecule is CC1CCCC(Sc2nccnc2C#N)C1. The second-order valence-corrected chi connectivity index (χ2v) is 5.62. The molecule has 0 saturated heterocycles. The average molecular weight is 233 g/mol. The third kappa shape index (κ3) is 2.73. The van der Waals surface area contributed by atoms with E-state index in [1.54, 1.807) is 24.2 Å². The van der Waals surface area contributed by atoms with Crippen molar-refractivity contribution in [2.75, 3.05) is 0 Å². The van der Waals surface area contributed by atoms with Gasteiger partial charge in [-0.3, -0.25) is 0 Å². The zero-order valence-electron chi connectivity index (χ0n) is 9.39. The first-order valence-corrected chi connectivity index (χ1v) is 6.55. The number of nitriles is 1. The predicted octanol–water partition coefficient (Wildman–Crippen LogP) is 3.02. The summed E-state index contributed by atoms with van der Waals surface area (Å²) in [6, 6.07) is 2.10. The minimum atomic E-state index is 0.464. The lowest BCUT2D eigenvalue weighted by molar-refractivity contribution is 0.394. The highest BCUT2D eigenvalue weighted by Gasteiger charge is 2.21. The summed E-state index contributed by atoms with van der Waals surface area (Å²) in [6.45, 7) is 2.30. The van der Waals surface area contributed by atoms with Crippen LogP contribution >= 0.6 is 11.8 Å². The lowest BCUT2D eigenvalue weighted by Crippen LogP contribution is -2.15. The van der Waals surface area contributed by atoms with Gasteiger partial charge in [-0.05, 0) is 18.8 Å². The lowest BCUT2D eigenvalue weighted by atomic mass is 9.91. The van der Waals surface area contributed by atoms with Crippen molar-refractivity contribution >= 4 is 11.8 Å². The van der Waals surface area contributed by atoms with Gasteiger partial charge >= 0.3 is 0 Å². The quantitative estimate of drug-likeness (QED) is 0.788. The Hall–Kier alpha value is -1.08. The van der Waals surface area contributed by atoms with Crippen LogP contribution in [0.5, 0.6) is 0 Å². The van der Waals surface area contributed by atoms with Gasteiger partial charge in [0.1, 0.15) is 11.1 Å². The van der Waals surface area contributed by atoms with Crippen molar-refractivity contribution in [3.8, 4) is 6.07 Å². The van der Waals surface area contributed by atoms with Crippen LogP contribution in [0.1, 0.15) is 38.3 Å². The molecular weight excluding hydrogens is 218 g/mol. The molecule has 1 aromatic heterocycles. The molecule has 1 fully saturated rings. The first-order chi connectivity index (χ1) is 7.79. The van der Waals surface area contributed by atoms with E-state index in [-0.39, 0.29) is 0 Å². The van der Waals surface area contributed by atoms with E-state index in [1.807, 2.05) is 0 Å². The van der Waals surface area contributed by atoms with Crippen LogP contribution in [0.4, 0.5) is 0 Å². The number of thioether (sulfide) groups is 1. The van der Waals surface area contributed by atoms with Crippen LogP contribution in [0, 0.1) is 17.2 Å². The summed E-state index contributed by atoms with van der Waals surface area (Å²) < 4.78 is 0. The maximum Gasteiger partial charge on any atom is 0.172 e. The van der Waals surface area contributed by atoms with Crippen molar-refractivity contribution in [3.63, 3.8) is 0 Å². The Kier molecular flexibility index (Phi) is 3.79. The van der Waals surface area contributed by atoms with Gasteiger partial charge in [0.25, 0.3) is 0 Å². The number of rotatable bonds is 2. The van der Waals surface area contributed by atoms with E-state index in [2.05, 4.69) is 23.0 Å². The van der Waals surface area contributed by atoms with Crippen LogP contribution in [0.3, 0.4) is 0 Å². The molecule has 0 aromatic carbocycles. The Morgan fingerprint density at radius 3 is 2.94 bits per heavy atom. The first-order valence-electron chi connectivity index (χ1n) is 5.67. The van der Waals surface area contributed by atoms with E-state index in [4.69, 9.17) is 5.26 Å². The standard InChI is InChI=1S/C12H15N3S/c1-9-3-2-4-10(7-9)16-12-11(8-13)14-5-6-15-12/h5-6,9-10H,2-4,7H2,1H3. The normalized spacial score (nSPS) is 25.0. The molecule has 0 aliphatic heterocycles. The van der Waals surface area contributed by atoms with E-state index < -0.39 is 0 Å². The van der Waals surface area contributed by atoms with Gasteiger partial charge in [0.15, 0.2) is 5.69 Å². The molecule has 2 rings (SSSR count). The fourth-order valence-electron chi connectivity index (χ4n) is 2.13. The van der Waals surface area contributed by atoms with Crippen LogP contribution in [0.15, 0.2) is 17.4 Å². The largest absolute Gasteiger partial charge is 0.245 e. The number of hydrogen-bond acceptors (Lipinski definition) is 4. The van der Waals surface area contributed by atoms with Crippen molar-refractivity contribution in [2.45, 2.75) is 42.9 Å². The topological polar surface area (TPSA) is 49.6 Å². The second-order valence-electron chi connectivity index (χ2n) is 4.33. The highest BCUT2D eigenvalue weighted by atomic mass is 32.2. The van der Waals surface area contributed by atoms with Gasteiger partial charge in [0.05, 0.1) is 0 Å². The van der Waals surface area contributed by atoms with Crippen LogP contribution in [0.25, 0.3) is 0 Å². The molecule has 2 atom stereocenters. The Bertz CT molecular complexity index is 399. The monoisotopic (exact) mass is 233 g/mol. The van der Waals surface area contributed by atoms with E-state index in [0.717, 1.165) is 10.9 Å². The summed E-state index contributed by atoms with van der Waals surface area (Å²) >= 11 is 1.72. The summed E-state index contributed by atoms with van der Waals surface area (Å²) in [5.74, 6) is 0.799. The van der Waals surface area contributed by atoms with Crippen LogP contribution in [-0.2, 0) is 0 Å². The fourth-order valence-corrected chi connectivity index (χ4v) is 3.49. The molecule has 3 nitrogen and oxygen atoms in total. The second kappa shape index (κ2) is 5.31. The molecule has 4 heteroatoms. The van der Waals surface area contributed by atoms with Crippen molar-refractivity contribution in [2.24, 2.45) is 5.92 Å². The van der Waals surface area contributed by atoms with Crippen molar-refractivity contribution < 1.29 is 0 Å². The van der Waals surface area contributed by atoms with Gasteiger partial charge in [-0.1, -0.05) is 19.8 Å². The minimum Gasteiger partial charge on any atom is -0.245 e. The number of nitrogens with zero attached hydrogens (tertiary/aromatic N) is 3. The third-order valence-corrected chi connectivity index (χ3v) is 4.22. The summed E-state index contributed by atoms with van der Waals surface area (Å²) in [5, 5.41) is 10.3. The minimum absolute atomic E-state index is 0.464. The molecule has 1 aliphatic rings. The predicted molar refractivity (Wildman–Crippen MR) is 64.0 cm³/mol. The highest BCUT2D eigenvalue weighted by molar-refractivity contribution is 7.99. The smallest absolute Gasteiger partial charge is 0.172 e. The van der Waals surface area contributed by atoms with Gasteiger partial charge in [-0.15, -0.1) is 11.8 Å². The van der Waals surface area contributed by atoms with E-state index in [9.17, 15) is 0 Å². The Morgan fingerprint density at radius 1 is 1.38 bits per heavy atom.